The normalized spacial score (nSPS) is 18.2. The van der Waals surface area contributed by atoms with Gasteiger partial charge in [-0.15, -0.1) is 24.0 Å². The Balaban J connectivity index is 0.00000220. The van der Waals surface area contributed by atoms with Crippen LogP contribution in [0.3, 0.4) is 0 Å². The van der Waals surface area contributed by atoms with E-state index in [0.717, 1.165) is 32.5 Å². The summed E-state index contributed by atoms with van der Waals surface area (Å²) in [5.41, 5.74) is 0.349. The van der Waals surface area contributed by atoms with Crippen molar-refractivity contribution in [3.05, 3.63) is 29.8 Å². The number of ether oxygens (including phenoxy) is 1. The molecule has 0 aromatic carbocycles. The van der Waals surface area contributed by atoms with Crippen molar-refractivity contribution in [2.75, 3.05) is 19.7 Å². The quantitative estimate of drug-likeness (QED) is 0.445. The van der Waals surface area contributed by atoms with Gasteiger partial charge in [0.2, 0.25) is 0 Å². The van der Waals surface area contributed by atoms with Crippen LogP contribution in [-0.4, -0.2) is 36.7 Å². The topological polar surface area (TPSA) is 58.5 Å². The average Bonchev–Trinajstić information content (AvgIpc) is 2.97. The van der Waals surface area contributed by atoms with Crippen molar-refractivity contribution in [1.29, 1.82) is 0 Å². The first-order valence-electron chi connectivity index (χ1n) is 7.02. The van der Waals surface area contributed by atoms with E-state index in [1.165, 1.54) is 6.07 Å². The molecule has 5 nitrogen and oxygen atoms in total. The monoisotopic (exact) mass is 408 g/mol. The molecular weight excluding hydrogens is 386 g/mol. The number of hydrogen-bond acceptors (Lipinski definition) is 3. The van der Waals surface area contributed by atoms with Crippen molar-refractivity contribution < 1.29 is 9.13 Å². The summed E-state index contributed by atoms with van der Waals surface area (Å²) in [6.45, 7) is 4.51. The van der Waals surface area contributed by atoms with Crippen LogP contribution in [0.25, 0.3) is 0 Å². The SMILES string of the molecule is CCNC(=NCc1ncccc1F)NCC1CCCO1.I. The van der Waals surface area contributed by atoms with Crippen molar-refractivity contribution >= 4 is 29.9 Å². The Morgan fingerprint density at radius 3 is 3.05 bits per heavy atom. The number of nitrogens with zero attached hydrogens (tertiary/aromatic N) is 2. The van der Waals surface area contributed by atoms with Gasteiger partial charge in [0.05, 0.1) is 18.3 Å². The van der Waals surface area contributed by atoms with Crippen LogP contribution in [0.4, 0.5) is 4.39 Å². The minimum atomic E-state index is -0.328. The zero-order chi connectivity index (χ0) is 14.2. The molecule has 1 fully saturated rings. The fraction of sp³-hybridized carbons (Fsp3) is 0.571. The fourth-order valence-corrected chi connectivity index (χ4v) is 2.05. The Morgan fingerprint density at radius 1 is 1.52 bits per heavy atom. The Labute approximate surface area is 141 Å². The number of aromatic nitrogens is 1. The highest BCUT2D eigenvalue weighted by Gasteiger charge is 2.15. The maximum absolute atomic E-state index is 13.5. The number of rotatable bonds is 5. The Kier molecular flexibility index (Phi) is 8.51. The number of halogens is 2. The summed E-state index contributed by atoms with van der Waals surface area (Å²) < 4.78 is 19.0. The van der Waals surface area contributed by atoms with Gasteiger partial charge in [0.15, 0.2) is 5.96 Å². The van der Waals surface area contributed by atoms with Gasteiger partial charge in [-0.3, -0.25) is 4.98 Å². The molecule has 2 rings (SSSR count). The average molecular weight is 408 g/mol. The third kappa shape index (κ3) is 6.13. The lowest BCUT2D eigenvalue weighted by Crippen LogP contribution is -2.41. The number of aliphatic imine (C=N–C) groups is 1. The van der Waals surface area contributed by atoms with Crippen LogP contribution in [0.15, 0.2) is 23.3 Å². The largest absolute Gasteiger partial charge is 0.376 e. The standard InChI is InChI=1S/C14H21FN4O.HI/c1-2-16-14(18-9-11-5-4-8-20-11)19-10-13-12(15)6-3-7-17-13;/h3,6-7,11H,2,4-5,8-10H2,1H3,(H2,16,18,19);1H. The molecule has 7 heteroatoms. The third-order valence-corrected chi connectivity index (χ3v) is 3.09. The first-order valence-corrected chi connectivity index (χ1v) is 7.02. The molecule has 1 aliphatic heterocycles. The van der Waals surface area contributed by atoms with Gasteiger partial charge in [0, 0.05) is 25.9 Å². The molecule has 0 spiro atoms. The lowest BCUT2D eigenvalue weighted by Gasteiger charge is -2.14. The van der Waals surface area contributed by atoms with E-state index in [9.17, 15) is 4.39 Å². The van der Waals surface area contributed by atoms with Crippen molar-refractivity contribution in [2.24, 2.45) is 4.99 Å². The summed E-state index contributed by atoms with van der Waals surface area (Å²) in [6.07, 6.45) is 3.99. The van der Waals surface area contributed by atoms with Crippen molar-refractivity contribution in [1.82, 2.24) is 15.6 Å². The van der Waals surface area contributed by atoms with Gasteiger partial charge in [0.25, 0.3) is 0 Å². The molecule has 1 unspecified atom stereocenters. The molecule has 1 aromatic rings. The van der Waals surface area contributed by atoms with Gasteiger partial charge in [-0.1, -0.05) is 0 Å². The molecule has 118 valence electrons. The number of pyridine rings is 1. The molecular formula is C14H22FIN4O. The summed E-state index contributed by atoms with van der Waals surface area (Å²) in [5.74, 6) is 0.333. The molecule has 2 heterocycles. The number of nitrogens with one attached hydrogen (secondary N) is 2. The van der Waals surface area contributed by atoms with E-state index in [2.05, 4.69) is 20.6 Å². The predicted octanol–water partition coefficient (Wildman–Crippen LogP) is 2.07. The molecule has 1 aromatic heterocycles. The Morgan fingerprint density at radius 2 is 2.38 bits per heavy atom. The molecule has 0 saturated carbocycles. The maximum atomic E-state index is 13.5. The van der Waals surface area contributed by atoms with Crippen LogP contribution >= 0.6 is 24.0 Å². The van der Waals surface area contributed by atoms with Crippen molar-refractivity contribution in [3.63, 3.8) is 0 Å². The zero-order valence-corrected chi connectivity index (χ0v) is 14.5. The molecule has 0 aliphatic carbocycles. The molecule has 0 bridgehead atoms. The second-order valence-electron chi connectivity index (χ2n) is 4.64. The van der Waals surface area contributed by atoms with Crippen LogP contribution in [0.1, 0.15) is 25.5 Å². The van der Waals surface area contributed by atoms with E-state index in [0.29, 0.717) is 11.7 Å². The minimum Gasteiger partial charge on any atom is -0.376 e. The second-order valence-corrected chi connectivity index (χ2v) is 4.64. The number of hydrogen-bond donors (Lipinski definition) is 2. The summed E-state index contributed by atoms with van der Waals surface area (Å²) in [7, 11) is 0. The van der Waals surface area contributed by atoms with Gasteiger partial charge >= 0.3 is 0 Å². The molecule has 21 heavy (non-hydrogen) atoms. The summed E-state index contributed by atoms with van der Waals surface area (Å²) in [5, 5.41) is 6.35. The van der Waals surface area contributed by atoms with Crippen LogP contribution in [0.2, 0.25) is 0 Å². The smallest absolute Gasteiger partial charge is 0.191 e. The highest BCUT2D eigenvalue weighted by molar-refractivity contribution is 14.0. The second kappa shape index (κ2) is 9.88. The molecule has 1 atom stereocenters. The van der Waals surface area contributed by atoms with Crippen LogP contribution < -0.4 is 10.6 Å². The van der Waals surface area contributed by atoms with Gasteiger partial charge in [-0.25, -0.2) is 9.38 Å². The highest BCUT2D eigenvalue weighted by atomic mass is 127. The molecule has 0 amide bonds. The van der Waals surface area contributed by atoms with Crippen molar-refractivity contribution in [2.45, 2.75) is 32.4 Å². The summed E-state index contributed by atoms with van der Waals surface area (Å²) >= 11 is 0. The summed E-state index contributed by atoms with van der Waals surface area (Å²) in [6, 6.07) is 2.97. The first-order chi connectivity index (χ1) is 9.79. The first kappa shape index (κ1) is 18.1. The van der Waals surface area contributed by atoms with E-state index >= 15 is 0 Å². The zero-order valence-electron chi connectivity index (χ0n) is 12.1. The fourth-order valence-electron chi connectivity index (χ4n) is 2.05. The number of guanidine groups is 1. The third-order valence-electron chi connectivity index (χ3n) is 3.09. The Hall–Kier alpha value is -0.960. The van der Waals surface area contributed by atoms with Crippen LogP contribution in [0.5, 0.6) is 0 Å². The lowest BCUT2D eigenvalue weighted by molar-refractivity contribution is 0.114. The molecule has 2 N–H and O–H groups in total. The van der Waals surface area contributed by atoms with E-state index in [1.54, 1.807) is 12.3 Å². The predicted molar refractivity (Wildman–Crippen MR) is 91.4 cm³/mol. The van der Waals surface area contributed by atoms with E-state index in [1.807, 2.05) is 6.92 Å². The highest BCUT2D eigenvalue weighted by Crippen LogP contribution is 2.10. The molecule has 0 radical (unpaired) electrons. The maximum Gasteiger partial charge on any atom is 0.191 e. The Bertz CT molecular complexity index is 452. The summed E-state index contributed by atoms with van der Waals surface area (Å²) in [4.78, 5) is 8.33. The van der Waals surface area contributed by atoms with E-state index < -0.39 is 0 Å². The van der Waals surface area contributed by atoms with Gasteiger partial charge in [0.1, 0.15) is 5.82 Å². The molecule has 1 saturated heterocycles. The van der Waals surface area contributed by atoms with E-state index in [-0.39, 0.29) is 42.4 Å². The van der Waals surface area contributed by atoms with Crippen LogP contribution in [-0.2, 0) is 11.3 Å². The van der Waals surface area contributed by atoms with Gasteiger partial charge in [-0.05, 0) is 31.9 Å². The van der Waals surface area contributed by atoms with E-state index in [4.69, 9.17) is 4.74 Å². The molecule has 1 aliphatic rings. The van der Waals surface area contributed by atoms with Gasteiger partial charge in [-0.2, -0.15) is 0 Å². The minimum absolute atomic E-state index is 0. The van der Waals surface area contributed by atoms with Crippen molar-refractivity contribution in [3.8, 4) is 0 Å². The van der Waals surface area contributed by atoms with Gasteiger partial charge < -0.3 is 15.4 Å². The van der Waals surface area contributed by atoms with Crippen LogP contribution in [0, 0.1) is 5.82 Å². The lowest BCUT2D eigenvalue weighted by atomic mass is 10.2.